The molecule has 0 radical (unpaired) electrons. The summed E-state index contributed by atoms with van der Waals surface area (Å²) in [5.74, 6) is 0. The fourth-order valence-corrected chi connectivity index (χ4v) is 3.48. The number of hydrogen-bond donors (Lipinski definition) is 1. The van der Waals surface area contributed by atoms with Crippen molar-refractivity contribution < 1.29 is 5.11 Å². The SMILES string of the molecule is Cc1cc(N2CCC(O)(Cc3ccccc3)CC2)c2nncn2n1. The van der Waals surface area contributed by atoms with Crippen LogP contribution in [0.5, 0.6) is 0 Å². The molecule has 0 saturated carbocycles. The van der Waals surface area contributed by atoms with E-state index in [1.165, 1.54) is 5.56 Å². The van der Waals surface area contributed by atoms with Gasteiger partial charge < -0.3 is 10.0 Å². The zero-order valence-electron chi connectivity index (χ0n) is 13.8. The molecular weight excluding hydrogens is 302 g/mol. The van der Waals surface area contributed by atoms with Gasteiger partial charge in [-0.25, -0.2) is 0 Å². The van der Waals surface area contributed by atoms with Gasteiger partial charge >= 0.3 is 0 Å². The van der Waals surface area contributed by atoms with E-state index in [-0.39, 0.29) is 0 Å². The van der Waals surface area contributed by atoms with Crippen LogP contribution in [0.1, 0.15) is 24.1 Å². The van der Waals surface area contributed by atoms with Crippen molar-refractivity contribution in [3.63, 3.8) is 0 Å². The molecule has 1 aromatic carbocycles. The molecule has 6 heteroatoms. The molecule has 0 spiro atoms. The molecule has 124 valence electrons. The molecule has 4 rings (SSSR count). The number of aromatic nitrogens is 4. The molecule has 1 aliphatic heterocycles. The number of benzene rings is 1. The van der Waals surface area contributed by atoms with Gasteiger partial charge in [-0.2, -0.15) is 9.61 Å². The second-order valence-corrected chi connectivity index (χ2v) is 6.64. The van der Waals surface area contributed by atoms with Crippen LogP contribution in [-0.4, -0.2) is 43.6 Å². The van der Waals surface area contributed by atoms with Crippen LogP contribution in [-0.2, 0) is 6.42 Å². The largest absolute Gasteiger partial charge is 0.389 e. The lowest BCUT2D eigenvalue weighted by Gasteiger charge is -2.39. The van der Waals surface area contributed by atoms with Gasteiger partial charge in [0.2, 0.25) is 5.65 Å². The number of aryl methyl sites for hydroxylation is 1. The highest BCUT2D eigenvalue weighted by atomic mass is 16.3. The molecule has 0 amide bonds. The third kappa shape index (κ3) is 2.85. The maximum absolute atomic E-state index is 10.9. The summed E-state index contributed by atoms with van der Waals surface area (Å²) in [5.41, 5.74) is 3.30. The molecule has 0 atom stereocenters. The molecule has 1 saturated heterocycles. The molecule has 3 heterocycles. The number of piperidine rings is 1. The molecule has 0 unspecified atom stereocenters. The Hall–Kier alpha value is -2.47. The second-order valence-electron chi connectivity index (χ2n) is 6.64. The summed E-state index contributed by atoms with van der Waals surface area (Å²) in [6.45, 7) is 3.57. The Morgan fingerprint density at radius 2 is 1.92 bits per heavy atom. The first kappa shape index (κ1) is 15.1. The monoisotopic (exact) mass is 323 g/mol. The normalized spacial score (nSPS) is 17.3. The van der Waals surface area contributed by atoms with Crippen molar-refractivity contribution in [3.8, 4) is 0 Å². The van der Waals surface area contributed by atoms with Crippen LogP contribution in [0.4, 0.5) is 5.69 Å². The smallest absolute Gasteiger partial charge is 0.200 e. The predicted octanol–water partition coefficient (Wildman–Crippen LogP) is 2.01. The Kier molecular flexibility index (Phi) is 3.69. The molecular formula is C18H21N5O. The molecule has 0 bridgehead atoms. The van der Waals surface area contributed by atoms with Crippen LogP contribution in [0.15, 0.2) is 42.7 Å². The van der Waals surface area contributed by atoms with E-state index in [1.807, 2.05) is 31.2 Å². The van der Waals surface area contributed by atoms with Crippen LogP contribution >= 0.6 is 0 Å². The highest BCUT2D eigenvalue weighted by Gasteiger charge is 2.33. The predicted molar refractivity (Wildman–Crippen MR) is 92.1 cm³/mol. The van der Waals surface area contributed by atoms with Gasteiger partial charge in [-0.15, -0.1) is 10.2 Å². The molecule has 6 nitrogen and oxygen atoms in total. The minimum absolute atomic E-state index is 0.635. The molecule has 1 N–H and O–H groups in total. The molecule has 1 aliphatic rings. The molecule has 3 aromatic rings. The minimum Gasteiger partial charge on any atom is -0.389 e. The van der Waals surface area contributed by atoms with Crippen molar-refractivity contribution >= 4 is 11.3 Å². The number of anilines is 1. The van der Waals surface area contributed by atoms with Crippen molar-refractivity contribution in [2.45, 2.75) is 31.8 Å². The Morgan fingerprint density at radius 1 is 1.17 bits per heavy atom. The van der Waals surface area contributed by atoms with Gasteiger partial charge in [0.05, 0.1) is 17.0 Å². The fraction of sp³-hybridized carbons (Fsp3) is 0.389. The lowest BCUT2D eigenvalue weighted by atomic mass is 9.85. The van der Waals surface area contributed by atoms with Gasteiger partial charge in [0.1, 0.15) is 6.33 Å². The van der Waals surface area contributed by atoms with Crippen LogP contribution in [0, 0.1) is 6.92 Å². The summed E-state index contributed by atoms with van der Waals surface area (Å²) < 4.78 is 1.72. The second kappa shape index (κ2) is 5.87. The van der Waals surface area contributed by atoms with Crippen LogP contribution < -0.4 is 4.90 Å². The van der Waals surface area contributed by atoms with Crippen LogP contribution in [0.3, 0.4) is 0 Å². The van der Waals surface area contributed by atoms with Crippen molar-refractivity contribution in [1.29, 1.82) is 0 Å². The van der Waals surface area contributed by atoms with E-state index in [4.69, 9.17) is 0 Å². The summed E-state index contributed by atoms with van der Waals surface area (Å²) >= 11 is 0. The van der Waals surface area contributed by atoms with Gasteiger partial charge in [0, 0.05) is 19.5 Å². The van der Waals surface area contributed by atoms with Gasteiger partial charge in [0.15, 0.2) is 0 Å². The molecule has 24 heavy (non-hydrogen) atoms. The van der Waals surface area contributed by atoms with E-state index in [1.54, 1.807) is 10.8 Å². The van der Waals surface area contributed by atoms with Gasteiger partial charge in [-0.1, -0.05) is 30.3 Å². The summed E-state index contributed by atoms with van der Waals surface area (Å²) in [4.78, 5) is 2.28. The Labute approximate surface area is 140 Å². The van der Waals surface area contributed by atoms with E-state index < -0.39 is 5.60 Å². The topological polar surface area (TPSA) is 66.5 Å². The van der Waals surface area contributed by atoms with E-state index in [9.17, 15) is 5.11 Å². The average Bonchev–Trinajstić information content (AvgIpc) is 3.04. The Bertz CT molecular complexity index is 837. The van der Waals surface area contributed by atoms with E-state index in [2.05, 4.69) is 32.3 Å². The maximum atomic E-state index is 10.9. The highest BCUT2D eigenvalue weighted by molar-refractivity contribution is 5.68. The third-order valence-corrected chi connectivity index (χ3v) is 4.78. The number of nitrogens with zero attached hydrogens (tertiary/aromatic N) is 5. The standard InChI is InChI=1S/C18H21N5O/c1-14-11-16(17-20-19-13-23(17)21-14)22-9-7-18(24,8-10-22)12-15-5-3-2-4-6-15/h2-6,11,13,24H,7-10,12H2,1H3. The molecule has 0 aliphatic carbocycles. The summed E-state index contributed by atoms with van der Waals surface area (Å²) in [5, 5.41) is 23.5. The van der Waals surface area contributed by atoms with Crippen molar-refractivity contribution in [1.82, 2.24) is 19.8 Å². The van der Waals surface area contributed by atoms with Gasteiger partial charge in [0.25, 0.3) is 0 Å². The van der Waals surface area contributed by atoms with Crippen molar-refractivity contribution in [2.75, 3.05) is 18.0 Å². The quantitative estimate of drug-likeness (QED) is 0.798. The van der Waals surface area contributed by atoms with E-state index in [0.717, 1.165) is 43.0 Å². The van der Waals surface area contributed by atoms with Crippen molar-refractivity contribution in [3.05, 3.63) is 54.0 Å². The van der Waals surface area contributed by atoms with Crippen LogP contribution in [0.25, 0.3) is 5.65 Å². The number of hydrogen-bond acceptors (Lipinski definition) is 5. The van der Waals surface area contributed by atoms with Crippen LogP contribution in [0.2, 0.25) is 0 Å². The minimum atomic E-state index is -0.635. The summed E-state index contributed by atoms with van der Waals surface area (Å²) in [7, 11) is 0. The van der Waals surface area contributed by atoms with E-state index in [0.29, 0.717) is 6.42 Å². The van der Waals surface area contributed by atoms with E-state index >= 15 is 0 Å². The summed E-state index contributed by atoms with van der Waals surface area (Å²) in [6.07, 6.45) is 3.81. The zero-order chi connectivity index (χ0) is 16.6. The maximum Gasteiger partial charge on any atom is 0.200 e. The lowest BCUT2D eigenvalue weighted by Crippen LogP contribution is -2.46. The fourth-order valence-electron chi connectivity index (χ4n) is 3.48. The number of aliphatic hydroxyl groups is 1. The summed E-state index contributed by atoms with van der Waals surface area (Å²) in [6, 6.07) is 12.3. The average molecular weight is 323 g/mol. The first-order valence-electron chi connectivity index (χ1n) is 8.32. The first-order chi connectivity index (χ1) is 11.6. The van der Waals surface area contributed by atoms with Crippen molar-refractivity contribution in [2.24, 2.45) is 0 Å². The number of rotatable bonds is 3. The lowest BCUT2D eigenvalue weighted by molar-refractivity contribution is 0.0166. The highest BCUT2D eigenvalue weighted by Crippen LogP contribution is 2.30. The Balaban J connectivity index is 1.52. The molecule has 2 aromatic heterocycles. The van der Waals surface area contributed by atoms with Gasteiger partial charge in [-0.05, 0) is 31.4 Å². The van der Waals surface area contributed by atoms with Gasteiger partial charge in [-0.3, -0.25) is 0 Å². The Morgan fingerprint density at radius 3 is 2.67 bits per heavy atom. The number of fused-ring (bicyclic) bond motifs is 1. The zero-order valence-corrected chi connectivity index (χ0v) is 13.8. The third-order valence-electron chi connectivity index (χ3n) is 4.78. The molecule has 1 fully saturated rings. The first-order valence-corrected chi connectivity index (χ1v) is 8.32.